The standard InChI is InChI=1S/C11H25N3OS/c1-10(2)9-14(6-4-8-16-3)7-5-11(12)13-15/h10,15H,4-9H2,1-3H3,(H2,12,13). The van der Waals surface area contributed by atoms with Gasteiger partial charge in [0.15, 0.2) is 0 Å². The second kappa shape index (κ2) is 9.78. The number of hydrogen-bond donors (Lipinski definition) is 2. The molecule has 0 aromatic carbocycles. The Morgan fingerprint density at radius 1 is 1.44 bits per heavy atom. The van der Waals surface area contributed by atoms with Gasteiger partial charge in [-0.25, -0.2) is 0 Å². The summed E-state index contributed by atoms with van der Waals surface area (Å²) in [4.78, 5) is 2.39. The van der Waals surface area contributed by atoms with Crippen LogP contribution in [0.4, 0.5) is 0 Å². The average molecular weight is 247 g/mol. The first kappa shape index (κ1) is 15.6. The summed E-state index contributed by atoms with van der Waals surface area (Å²) in [5, 5.41) is 11.5. The maximum atomic E-state index is 8.48. The zero-order chi connectivity index (χ0) is 12.4. The third kappa shape index (κ3) is 8.85. The van der Waals surface area contributed by atoms with Gasteiger partial charge in [0.2, 0.25) is 0 Å². The van der Waals surface area contributed by atoms with Crippen molar-refractivity contribution in [2.75, 3.05) is 31.6 Å². The zero-order valence-electron chi connectivity index (χ0n) is 10.6. The Balaban J connectivity index is 3.89. The average Bonchev–Trinajstić information content (AvgIpc) is 2.24. The van der Waals surface area contributed by atoms with Crippen LogP contribution < -0.4 is 5.73 Å². The fourth-order valence-corrected chi connectivity index (χ4v) is 1.98. The molecule has 0 unspecified atom stereocenters. The van der Waals surface area contributed by atoms with E-state index in [9.17, 15) is 0 Å². The van der Waals surface area contributed by atoms with Crippen LogP contribution in [0.3, 0.4) is 0 Å². The summed E-state index contributed by atoms with van der Waals surface area (Å²) in [6.45, 7) is 7.48. The van der Waals surface area contributed by atoms with Gasteiger partial charge in [-0.05, 0) is 30.9 Å². The van der Waals surface area contributed by atoms with E-state index in [-0.39, 0.29) is 0 Å². The number of thioether (sulfide) groups is 1. The highest BCUT2D eigenvalue weighted by Gasteiger charge is 2.07. The van der Waals surface area contributed by atoms with Crippen molar-refractivity contribution in [1.82, 2.24) is 4.90 Å². The first-order valence-corrected chi connectivity index (χ1v) is 7.17. The van der Waals surface area contributed by atoms with E-state index < -0.39 is 0 Å². The summed E-state index contributed by atoms with van der Waals surface area (Å²) in [5.74, 6) is 2.17. The van der Waals surface area contributed by atoms with Crippen LogP contribution in [0, 0.1) is 5.92 Å². The minimum absolute atomic E-state index is 0.318. The lowest BCUT2D eigenvalue weighted by Gasteiger charge is -2.23. The molecular formula is C11H25N3OS. The molecule has 0 bridgehead atoms. The van der Waals surface area contributed by atoms with Crippen LogP contribution in [0.25, 0.3) is 0 Å². The van der Waals surface area contributed by atoms with Gasteiger partial charge in [-0.3, -0.25) is 0 Å². The quantitative estimate of drug-likeness (QED) is 0.214. The molecule has 0 aromatic heterocycles. The second-order valence-electron chi connectivity index (χ2n) is 4.38. The minimum Gasteiger partial charge on any atom is -0.409 e. The predicted molar refractivity (Wildman–Crippen MR) is 72.3 cm³/mol. The summed E-state index contributed by atoms with van der Waals surface area (Å²) >= 11 is 1.88. The fourth-order valence-electron chi connectivity index (χ4n) is 1.57. The van der Waals surface area contributed by atoms with Crippen LogP contribution >= 0.6 is 11.8 Å². The van der Waals surface area contributed by atoms with E-state index in [1.54, 1.807) is 0 Å². The second-order valence-corrected chi connectivity index (χ2v) is 5.37. The van der Waals surface area contributed by atoms with E-state index in [1.807, 2.05) is 11.8 Å². The highest BCUT2D eigenvalue weighted by atomic mass is 32.2. The monoisotopic (exact) mass is 247 g/mol. The van der Waals surface area contributed by atoms with Gasteiger partial charge in [0, 0.05) is 19.5 Å². The lowest BCUT2D eigenvalue weighted by molar-refractivity contribution is 0.250. The summed E-state index contributed by atoms with van der Waals surface area (Å²) in [6.07, 6.45) is 3.97. The highest BCUT2D eigenvalue weighted by molar-refractivity contribution is 7.98. The van der Waals surface area contributed by atoms with Crippen molar-refractivity contribution in [3.63, 3.8) is 0 Å². The Kier molecular flexibility index (Phi) is 9.52. The molecule has 0 amide bonds. The maximum Gasteiger partial charge on any atom is 0.140 e. The van der Waals surface area contributed by atoms with Crippen molar-refractivity contribution in [1.29, 1.82) is 0 Å². The third-order valence-electron chi connectivity index (χ3n) is 2.26. The molecule has 0 aliphatic carbocycles. The molecule has 0 aromatic rings. The van der Waals surface area contributed by atoms with Crippen LogP contribution in [-0.4, -0.2) is 47.6 Å². The number of nitrogens with two attached hydrogens (primary N) is 1. The first-order valence-electron chi connectivity index (χ1n) is 5.77. The molecule has 5 heteroatoms. The minimum atomic E-state index is 0.318. The van der Waals surface area contributed by atoms with Crippen LogP contribution in [0.2, 0.25) is 0 Å². The number of amidine groups is 1. The van der Waals surface area contributed by atoms with Gasteiger partial charge in [0.1, 0.15) is 5.84 Å². The Labute approximate surface area is 103 Å². The number of oxime groups is 1. The molecule has 0 radical (unpaired) electrons. The van der Waals surface area contributed by atoms with Gasteiger partial charge in [0.05, 0.1) is 0 Å². The predicted octanol–water partition coefficient (Wildman–Crippen LogP) is 1.83. The van der Waals surface area contributed by atoms with Crippen LogP contribution in [-0.2, 0) is 0 Å². The summed E-state index contributed by atoms with van der Waals surface area (Å²) < 4.78 is 0. The lowest BCUT2D eigenvalue weighted by atomic mass is 10.2. The maximum absolute atomic E-state index is 8.48. The molecule has 0 fully saturated rings. The largest absolute Gasteiger partial charge is 0.409 e. The third-order valence-corrected chi connectivity index (χ3v) is 2.96. The van der Waals surface area contributed by atoms with Crippen LogP contribution in [0.5, 0.6) is 0 Å². The molecule has 0 rings (SSSR count). The molecule has 0 heterocycles. The number of nitrogens with zero attached hydrogens (tertiary/aromatic N) is 2. The van der Waals surface area contributed by atoms with Crippen molar-refractivity contribution < 1.29 is 5.21 Å². The molecule has 4 nitrogen and oxygen atoms in total. The summed E-state index contributed by atoms with van der Waals surface area (Å²) in [5.41, 5.74) is 5.48. The van der Waals surface area contributed by atoms with Gasteiger partial charge in [0.25, 0.3) is 0 Å². The smallest absolute Gasteiger partial charge is 0.140 e. The molecular weight excluding hydrogens is 222 g/mol. The molecule has 0 spiro atoms. The molecule has 96 valence electrons. The lowest BCUT2D eigenvalue weighted by Crippen LogP contribution is -2.32. The fraction of sp³-hybridized carbons (Fsp3) is 0.909. The Morgan fingerprint density at radius 2 is 2.12 bits per heavy atom. The summed E-state index contributed by atoms with van der Waals surface area (Å²) in [7, 11) is 0. The van der Waals surface area contributed by atoms with Gasteiger partial charge >= 0.3 is 0 Å². The first-order chi connectivity index (χ1) is 7.60. The van der Waals surface area contributed by atoms with E-state index >= 15 is 0 Å². The van der Waals surface area contributed by atoms with Crippen molar-refractivity contribution in [2.45, 2.75) is 26.7 Å². The molecule has 3 N–H and O–H groups in total. The van der Waals surface area contributed by atoms with Gasteiger partial charge in [-0.15, -0.1) is 0 Å². The normalized spacial score (nSPS) is 12.7. The molecule has 0 saturated carbocycles. The molecule has 0 saturated heterocycles. The molecule has 16 heavy (non-hydrogen) atoms. The molecule has 0 atom stereocenters. The van der Waals surface area contributed by atoms with E-state index in [1.165, 1.54) is 12.2 Å². The van der Waals surface area contributed by atoms with Crippen molar-refractivity contribution >= 4 is 17.6 Å². The SMILES string of the molecule is CSCCCN(CCC(N)=NO)CC(C)C. The van der Waals surface area contributed by atoms with E-state index in [2.05, 4.69) is 30.2 Å². The molecule has 0 aliphatic rings. The zero-order valence-corrected chi connectivity index (χ0v) is 11.5. The Hall–Kier alpha value is -0.420. The van der Waals surface area contributed by atoms with Crippen LogP contribution in [0.15, 0.2) is 5.16 Å². The Bertz CT molecular complexity index is 198. The topological polar surface area (TPSA) is 61.8 Å². The summed E-state index contributed by atoms with van der Waals surface area (Å²) in [6, 6.07) is 0. The van der Waals surface area contributed by atoms with E-state index in [0.29, 0.717) is 18.2 Å². The Morgan fingerprint density at radius 3 is 2.62 bits per heavy atom. The van der Waals surface area contributed by atoms with Crippen molar-refractivity contribution in [3.8, 4) is 0 Å². The molecule has 0 aliphatic heterocycles. The van der Waals surface area contributed by atoms with Crippen LogP contribution in [0.1, 0.15) is 26.7 Å². The number of rotatable bonds is 9. The van der Waals surface area contributed by atoms with Crippen molar-refractivity contribution in [2.24, 2.45) is 16.8 Å². The number of hydrogen-bond acceptors (Lipinski definition) is 4. The van der Waals surface area contributed by atoms with Gasteiger partial charge in [-0.2, -0.15) is 11.8 Å². The van der Waals surface area contributed by atoms with Gasteiger partial charge in [-0.1, -0.05) is 19.0 Å². The highest BCUT2D eigenvalue weighted by Crippen LogP contribution is 2.03. The van der Waals surface area contributed by atoms with Gasteiger partial charge < -0.3 is 15.8 Å². The van der Waals surface area contributed by atoms with E-state index in [0.717, 1.165) is 19.6 Å². The van der Waals surface area contributed by atoms with E-state index in [4.69, 9.17) is 10.9 Å². The van der Waals surface area contributed by atoms with Crippen molar-refractivity contribution in [3.05, 3.63) is 0 Å².